The Hall–Kier alpha value is -3.88. The highest BCUT2D eigenvalue weighted by molar-refractivity contribution is 6.02. The second kappa shape index (κ2) is 17.6. The lowest BCUT2D eigenvalue weighted by Gasteiger charge is -2.28. The van der Waals surface area contributed by atoms with E-state index in [1.165, 1.54) is 0 Å². The summed E-state index contributed by atoms with van der Waals surface area (Å²) >= 11 is 0. The van der Waals surface area contributed by atoms with Crippen LogP contribution in [0.5, 0.6) is 0 Å². The van der Waals surface area contributed by atoms with Crippen LogP contribution in [0.15, 0.2) is 0 Å². The Morgan fingerprint density at radius 2 is 0.800 bits per heavy atom. The molecule has 0 aliphatic carbocycles. The van der Waals surface area contributed by atoms with Gasteiger partial charge in [0, 0.05) is 62.2 Å². The van der Waals surface area contributed by atoms with E-state index in [2.05, 4.69) is 0 Å². The maximum absolute atomic E-state index is 12.1. The van der Waals surface area contributed by atoms with Crippen LogP contribution in [0.1, 0.15) is 105 Å². The predicted molar refractivity (Wildman–Crippen MR) is 152 cm³/mol. The molecule has 15 nitrogen and oxygen atoms in total. The first-order valence-electron chi connectivity index (χ1n) is 15.1. The monoisotopic (exact) mass is 640 g/mol. The Kier molecular flexibility index (Phi) is 14.6. The number of ether oxygens (including phenoxy) is 3. The van der Waals surface area contributed by atoms with Crippen LogP contribution in [0.4, 0.5) is 0 Å². The average molecular weight is 641 g/mol. The molecule has 0 saturated carbocycles. The number of imide groups is 2. The number of hydroxylamine groups is 4. The number of rotatable bonds is 20. The largest absolute Gasteiger partial charge is 0.465 e. The van der Waals surface area contributed by atoms with Gasteiger partial charge in [-0.05, 0) is 25.7 Å². The minimum Gasteiger partial charge on any atom is -0.465 e. The van der Waals surface area contributed by atoms with Crippen molar-refractivity contribution >= 4 is 47.5 Å². The van der Waals surface area contributed by atoms with Gasteiger partial charge < -0.3 is 23.9 Å². The van der Waals surface area contributed by atoms with Gasteiger partial charge in [-0.2, -0.15) is 0 Å². The second-order valence-electron chi connectivity index (χ2n) is 12.6. The zero-order valence-electron chi connectivity index (χ0n) is 26.5. The average Bonchev–Trinajstić information content (AvgIpc) is 3.45. The van der Waals surface area contributed by atoms with Gasteiger partial charge in [-0.3, -0.25) is 28.8 Å². The third kappa shape index (κ3) is 14.2. The molecule has 2 rings (SSSR count). The molecule has 45 heavy (non-hydrogen) atoms. The van der Waals surface area contributed by atoms with Crippen LogP contribution in [0.3, 0.4) is 0 Å². The van der Waals surface area contributed by atoms with Gasteiger partial charge in [-0.25, -0.2) is 9.59 Å². The van der Waals surface area contributed by atoms with Crippen LogP contribution < -0.4 is 0 Å². The minimum absolute atomic E-state index is 0.0226. The van der Waals surface area contributed by atoms with Crippen molar-refractivity contribution in [1.29, 1.82) is 0 Å². The quantitative estimate of drug-likeness (QED) is 0.107. The van der Waals surface area contributed by atoms with Crippen molar-refractivity contribution in [2.45, 2.75) is 105 Å². The van der Waals surface area contributed by atoms with E-state index in [1.807, 2.05) is 27.7 Å². The Morgan fingerprint density at radius 1 is 0.511 bits per heavy atom. The van der Waals surface area contributed by atoms with Crippen molar-refractivity contribution in [2.24, 2.45) is 10.8 Å². The van der Waals surface area contributed by atoms with E-state index >= 15 is 0 Å². The van der Waals surface area contributed by atoms with Crippen molar-refractivity contribution in [3.8, 4) is 0 Å². The molecule has 0 radical (unpaired) electrons. The zero-order valence-corrected chi connectivity index (χ0v) is 26.5. The molecule has 0 N–H and O–H groups in total. The number of carbonyl (C=O) groups is 8. The van der Waals surface area contributed by atoms with Crippen LogP contribution >= 0.6 is 0 Å². The topological polar surface area (TPSA) is 189 Å². The van der Waals surface area contributed by atoms with Crippen LogP contribution in [0, 0.1) is 10.8 Å². The van der Waals surface area contributed by atoms with Crippen LogP contribution in [-0.4, -0.2) is 84.1 Å². The van der Waals surface area contributed by atoms with Gasteiger partial charge in [-0.15, -0.1) is 10.1 Å². The third-order valence-corrected chi connectivity index (χ3v) is 6.65. The molecule has 2 heterocycles. The Labute approximate surface area is 262 Å². The first-order valence-corrected chi connectivity index (χ1v) is 15.1. The fourth-order valence-corrected chi connectivity index (χ4v) is 4.07. The summed E-state index contributed by atoms with van der Waals surface area (Å²) in [6.07, 6.45) is 1.59. The molecular weight excluding hydrogens is 596 g/mol. The first-order chi connectivity index (χ1) is 21.1. The van der Waals surface area contributed by atoms with E-state index in [0.717, 1.165) is 0 Å². The van der Waals surface area contributed by atoms with E-state index in [9.17, 15) is 38.4 Å². The van der Waals surface area contributed by atoms with Crippen molar-refractivity contribution in [1.82, 2.24) is 10.1 Å². The summed E-state index contributed by atoms with van der Waals surface area (Å²) in [5.74, 6) is -4.46. The molecule has 2 aliphatic rings. The van der Waals surface area contributed by atoms with Gasteiger partial charge in [-0.1, -0.05) is 27.7 Å². The summed E-state index contributed by atoms with van der Waals surface area (Å²) in [6, 6.07) is 0. The number of amides is 4. The van der Waals surface area contributed by atoms with Crippen molar-refractivity contribution in [3.05, 3.63) is 0 Å². The number of carbonyl (C=O) groups excluding carboxylic acids is 8. The summed E-state index contributed by atoms with van der Waals surface area (Å²) < 4.78 is 16.5. The lowest BCUT2D eigenvalue weighted by atomic mass is 9.94. The van der Waals surface area contributed by atoms with Crippen LogP contribution in [-0.2, 0) is 62.2 Å². The van der Waals surface area contributed by atoms with E-state index in [4.69, 9.17) is 23.9 Å². The minimum atomic E-state index is -0.712. The highest BCUT2D eigenvalue weighted by atomic mass is 16.7. The fourth-order valence-electron chi connectivity index (χ4n) is 4.07. The standard InChI is InChI=1S/C30H44N2O13/c1-29(2,19-42-25(37)9-5-7-11-27(39)44-31-21(33)13-14-22(31)34)17-41-18-30(3,4)20-43-26(38)10-6-8-12-28(40)45-32-23(35)15-16-24(32)36/h5-20H2,1-4H3. The van der Waals surface area contributed by atoms with Gasteiger partial charge >= 0.3 is 23.9 Å². The molecule has 2 aliphatic heterocycles. The van der Waals surface area contributed by atoms with Crippen LogP contribution in [0.25, 0.3) is 0 Å². The summed E-state index contributed by atoms with van der Waals surface area (Å²) in [4.78, 5) is 103. The Bertz CT molecular complexity index is 1010. The number of esters is 2. The highest BCUT2D eigenvalue weighted by Gasteiger charge is 2.33. The smallest absolute Gasteiger partial charge is 0.333 e. The fraction of sp³-hybridized carbons (Fsp3) is 0.733. The molecule has 0 aromatic heterocycles. The van der Waals surface area contributed by atoms with Crippen molar-refractivity contribution in [2.75, 3.05) is 26.4 Å². The summed E-state index contributed by atoms with van der Waals surface area (Å²) in [5, 5.41) is 0.990. The predicted octanol–water partition coefficient (Wildman–Crippen LogP) is 2.48. The van der Waals surface area contributed by atoms with Crippen molar-refractivity contribution in [3.63, 3.8) is 0 Å². The molecule has 0 aromatic carbocycles. The molecule has 0 unspecified atom stereocenters. The number of hydrogen-bond donors (Lipinski definition) is 0. The second-order valence-corrected chi connectivity index (χ2v) is 12.6. The maximum Gasteiger partial charge on any atom is 0.333 e. The molecule has 15 heteroatoms. The molecule has 0 spiro atoms. The summed E-state index contributed by atoms with van der Waals surface area (Å²) in [5.41, 5.74) is -0.977. The van der Waals surface area contributed by atoms with Gasteiger partial charge in [0.05, 0.1) is 26.4 Å². The normalized spacial score (nSPS) is 15.5. The van der Waals surface area contributed by atoms with E-state index < -0.39 is 58.3 Å². The highest BCUT2D eigenvalue weighted by Crippen LogP contribution is 2.22. The van der Waals surface area contributed by atoms with Crippen LogP contribution in [0.2, 0.25) is 0 Å². The van der Waals surface area contributed by atoms with Gasteiger partial charge in [0.25, 0.3) is 23.6 Å². The zero-order chi connectivity index (χ0) is 33.6. The third-order valence-electron chi connectivity index (χ3n) is 6.65. The van der Waals surface area contributed by atoms with E-state index in [-0.39, 0.29) is 77.8 Å². The molecule has 0 aromatic rings. The number of hydrogen-bond acceptors (Lipinski definition) is 13. The molecule has 2 fully saturated rings. The molecule has 4 amide bonds. The SMILES string of the molecule is CC(C)(COCC(C)(C)COC(=O)CCCCC(=O)ON1C(=O)CCC1=O)COC(=O)CCCCC(=O)ON1C(=O)CCC1=O. The van der Waals surface area contributed by atoms with Crippen molar-refractivity contribution < 1.29 is 62.2 Å². The molecular formula is C30H44N2O13. The lowest BCUT2D eigenvalue weighted by Crippen LogP contribution is -2.32. The van der Waals surface area contributed by atoms with E-state index in [0.29, 0.717) is 35.8 Å². The Morgan fingerprint density at radius 3 is 1.11 bits per heavy atom. The van der Waals surface area contributed by atoms with E-state index in [1.54, 1.807) is 0 Å². The maximum atomic E-state index is 12.1. The molecule has 0 bridgehead atoms. The molecule has 0 atom stereocenters. The lowest BCUT2D eigenvalue weighted by molar-refractivity contribution is -0.197. The van der Waals surface area contributed by atoms with Gasteiger partial charge in [0.2, 0.25) is 0 Å². The Balaban J connectivity index is 1.51. The van der Waals surface area contributed by atoms with Gasteiger partial charge in [0.1, 0.15) is 0 Å². The number of nitrogens with zero attached hydrogens (tertiary/aromatic N) is 2. The molecule has 252 valence electrons. The number of unbranched alkanes of at least 4 members (excludes halogenated alkanes) is 2. The van der Waals surface area contributed by atoms with Gasteiger partial charge in [0.15, 0.2) is 0 Å². The first kappa shape index (κ1) is 37.3. The summed E-state index contributed by atoms with van der Waals surface area (Å²) in [6.45, 7) is 8.29. The summed E-state index contributed by atoms with van der Waals surface area (Å²) in [7, 11) is 0. The molecule has 2 saturated heterocycles.